The number of ether oxygens (including phenoxy) is 1. The van der Waals surface area contributed by atoms with Crippen LogP contribution in [-0.4, -0.2) is 18.5 Å². The molecule has 0 aromatic heterocycles. The summed E-state index contributed by atoms with van der Waals surface area (Å²) < 4.78 is 5.00. The highest BCUT2D eigenvalue weighted by Crippen LogP contribution is 2.26. The molecule has 0 spiro atoms. The maximum atomic E-state index is 12.4. The molecule has 2 aromatic carbocycles. The van der Waals surface area contributed by atoms with Crippen molar-refractivity contribution in [1.82, 2.24) is 5.32 Å². The summed E-state index contributed by atoms with van der Waals surface area (Å²) in [6.45, 7) is 2.01. The third-order valence-corrected chi connectivity index (χ3v) is 3.94. The number of nitrogens with one attached hydrogen (secondary N) is 1. The van der Waals surface area contributed by atoms with Gasteiger partial charge in [0.15, 0.2) is 0 Å². The maximum absolute atomic E-state index is 12.4. The molecule has 1 amide bonds. The average Bonchev–Trinajstić information content (AvgIpc) is 2.54. The van der Waals surface area contributed by atoms with Gasteiger partial charge in [-0.15, -0.1) is 0 Å². The fourth-order valence-corrected chi connectivity index (χ4v) is 2.98. The Labute approximate surface area is 157 Å². The minimum Gasteiger partial charge on any atom is -0.466 e. The molecule has 0 unspecified atom stereocenters. The number of hydrogen-bond acceptors (Lipinski definition) is 3. The summed E-state index contributed by atoms with van der Waals surface area (Å²) in [5.41, 5.74) is 1.55. The van der Waals surface area contributed by atoms with Gasteiger partial charge in [0.05, 0.1) is 25.5 Å². The third kappa shape index (κ3) is 6.40. The predicted molar refractivity (Wildman–Crippen MR) is 98.7 cm³/mol. The Morgan fingerprint density at radius 2 is 1.72 bits per heavy atom. The van der Waals surface area contributed by atoms with Crippen LogP contribution in [0.25, 0.3) is 0 Å². The summed E-state index contributed by atoms with van der Waals surface area (Å²) in [5, 5.41) is 3.75. The van der Waals surface area contributed by atoms with E-state index in [1.807, 2.05) is 30.3 Å². The SMILES string of the molecule is CCOC(=O)C[C@@H](NC(=O)Cc1ccccc1)c1cc(Cl)cc(Cl)c1. The van der Waals surface area contributed by atoms with E-state index in [9.17, 15) is 9.59 Å². The van der Waals surface area contributed by atoms with Gasteiger partial charge < -0.3 is 10.1 Å². The van der Waals surface area contributed by atoms with E-state index in [-0.39, 0.29) is 25.4 Å². The smallest absolute Gasteiger partial charge is 0.308 e. The molecule has 0 heterocycles. The Hall–Kier alpha value is -2.04. The van der Waals surface area contributed by atoms with E-state index in [4.69, 9.17) is 27.9 Å². The second kappa shape index (κ2) is 9.44. The van der Waals surface area contributed by atoms with Crippen molar-refractivity contribution < 1.29 is 14.3 Å². The summed E-state index contributed by atoms with van der Waals surface area (Å²) in [7, 11) is 0. The summed E-state index contributed by atoms with van der Waals surface area (Å²) in [4.78, 5) is 24.3. The largest absolute Gasteiger partial charge is 0.466 e. The van der Waals surface area contributed by atoms with Gasteiger partial charge >= 0.3 is 5.97 Å². The molecule has 0 aliphatic carbocycles. The summed E-state index contributed by atoms with van der Waals surface area (Å²) in [6.07, 6.45) is 0.222. The van der Waals surface area contributed by atoms with Crippen molar-refractivity contribution in [3.05, 3.63) is 69.7 Å². The minimum atomic E-state index is -0.563. The maximum Gasteiger partial charge on any atom is 0.308 e. The number of benzene rings is 2. The van der Waals surface area contributed by atoms with Crippen LogP contribution >= 0.6 is 23.2 Å². The molecule has 1 N–H and O–H groups in total. The van der Waals surface area contributed by atoms with E-state index in [0.29, 0.717) is 15.6 Å². The van der Waals surface area contributed by atoms with Crippen molar-refractivity contribution in [3.8, 4) is 0 Å². The Morgan fingerprint density at radius 1 is 1.08 bits per heavy atom. The molecule has 0 saturated carbocycles. The lowest BCUT2D eigenvalue weighted by atomic mass is 10.0. The molecular formula is C19H19Cl2NO3. The van der Waals surface area contributed by atoms with Crippen LogP contribution in [0.2, 0.25) is 10.0 Å². The van der Waals surface area contributed by atoms with Gasteiger partial charge in [-0.3, -0.25) is 9.59 Å². The lowest BCUT2D eigenvalue weighted by molar-refractivity contribution is -0.143. The molecule has 2 aromatic rings. The zero-order chi connectivity index (χ0) is 18.2. The second-order valence-corrected chi connectivity index (χ2v) is 6.37. The van der Waals surface area contributed by atoms with Gasteiger partial charge in [0.25, 0.3) is 0 Å². The van der Waals surface area contributed by atoms with Crippen LogP contribution in [0.4, 0.5) is 0 Å². The van der Waals surface area contributed by atoms with E-state index in [1.54, 1.807) is 25.1 Å². The highest BCUT2D eigenvalue weighted by Gasteiger charge is 2.20. The number of rotatable bonds is 7. The van der Waals surface area contributed by atoms with Gasteiger partial charge in [0, 0.05) is 10.0 Å². The van der Waals surface area contributed by atoms with E-state index in [0.717, 1.165) is 5.56 Å². The number of halogens is 2. The van der Waals surface area contributed by atoms with Crippen molar-refractivity contribution in [3.63, 3.8) is 0 Å². The molecule has 4 nitrogen and oxygen atoms in total. The number of esters is 1. The molecule has 132 valence electrons. The molecule has 2 rings (SSSR count). The Kier molecular flexibility index (Phi) is 7.29. The number of amides is 1. The first-order valence-electron chi connectivity index (χ1n) is 7.93. The quantitative estimate of drug-likeness (QED) is 0.727. The molecule has 25 heavy (non-hydrogen) atoms. The highest BCUT2D eigenvalue weighted by molar-refractivity contribution is 6.34. The van der Waals surface area contributed by atoms with Crippen LogP contribution in [0.3, 0.4) is 0 Å². The van der Waals surface area contributed by atoms with Crippen molar-refractivity contribution in [2.45, 2.75) is 25.8 Å². The van der Waals surface area contributed by atoms with E-state index in [1.165, 1.54) is 0 Å². The van der Waals surface area contributed by atoms with Gasteiger partial charge in [0.2, 0.25) is 5.91 Å². The van der Waals surface area contributed by atoms with E-state index in [2.05, 4.69) is 5.32 Å². The van der Waals surface area contributed by atoms with Gasteiger partial charge in [-0.05, 0) is 36.2 Å². The first kappa shape index (κ1) is 19.3. The van der Waals surface area contributed by atoms with Gasteiger partial charge in [-0.1, -0.05) is 53.5 Å². The predicted octanol–water partition coefficient (Wildman–Crippen LogP) is 4.35. The Balaban J connectivity index is 2.15. The fraction of sp³-hybridized carbons (Fsp3) is 0.263. The molecule has 0 bridgehead atoms. The first-order chi connectivity index (χ1) is 12.0. The van der Waals surface area contributed by atoms with Crippen molar-refractivity contribution >= 4 is 35.1 Å². The zero-order valence-electron chi connectivity index (χ0n) is 13.8. The molecule has 0 aliphatic heterocycles. The van der Waals surface area contributed by atoms with Crippen LogP contribution in [0.5, 0.6) is 0 Å². The number of carbonyl (C=O) groups excluding carboxylic acids is 2. The van der Waals surface area contributed by atoms with Gasteiger partial charge in [0.1, 0.15) is 0 Å². The van der Waals surface area contributed by atoms with Crippen molar-refractivity contribution in [1.29, 1.82) is 0 Å². The standard InChI is InChI=1S/C19H19Cl2NO3/c1-2-25-19(24)12-17(14-9-15(20)11-16(21)10-14)22-18(23)8-13-6-4-3-5-7-13/h3-7,9-11,17H,2,8,12H2,1H3,(H,22,23)/t17-/m1/s1. The number of hydrogen-bond donors (Lipinski definition) is 1. The van der Waals surface area contributed by atoms with Crippen molar-refractivity contribution in [2.75, 3.05) is 6.61 Å². The van der Waals surface area contributed by atoms with Crippen LogP contribution in [0.1, 0.15) is 30.5 Å². The Morgan fingerprint density at radius 3 is 2.32 bits per heavy atom. The minimum absolute atomic E-state index is 0.00500. The Bertz CT molecular complexity index is 714. The normalized spacial score (nSPS) is 11.6. The highest BCUT2D eigenvalue weighted by atomic mass is 35.5. The molecular weight excluding hydrogens is 361 g/mol. The van der Waals surface area contributed by atoms with Gasteiger partial charge in [-0.2, -0.15) is 0 Å². The van der Waals surface area contributed by atoms with E-state index < -0.39 is 12.0 Å². The topological polar surface area (TPSA) is 55.4 Å². The average molecular weight is 380 g/mol. The van der Waals surface area contributed by atoms with Crippen LogP contribution in [-0.2, 0) is 20.7 Å². The lowest BCUT2D eigenvalue weighted by Gasteiger charge is -2.19. The monoisotopic (exact) mass is 379 g/mol. The van der Waals surface area contributed by atoms with Crippen LogP contribution in [0, 0.1) is 0 Å². The van der Waals surface area contributed by atoms with Crippen molar-refractivity contribution in [2.24, 2.45) is 0 Å². The molecule has 0 radical (unpaired) electrons. The summed E-state index contributed by atoms with van der Waals surface area (Å²) in [6, 6.07) is 13.8. The molecule has 0 fully saturated rings. The molecule has 0 saturated heterocycles. The lowest BCUT2D eigenvalue weighted by Crippen LogP contribution is -2.31. The summed E-state index contributed by atoms with van der Waals surface area (Å²) in [5.74, 6) is -0.597. The van der Waals surface area contributed by atoms with Crippen LogP contribution < -0.4 is 5.32 Å². The van der Waals surface area contributed by atoms with Crippen LogP contribution in [0.15, 0.2) is 48.5 Å². The fourth-order valence-electron chi connectivity index (χ4n) is 2.44. The van der Waals surface area contributed by atoms with Gasteiger partial charge in [-0.25, -0.2) is 0 Å². The third-order valence-electron chi connectivity index (χ3n) is 3.51. The molecule has 6 heteroatoms. The van der Waals surface area contributed by atoms with E-state index >= 15 is 0 Å². The zero-order valence-corrected chi connectivity index (χ0v) is 15.3. The second-order valence-electron chi connectivity index (χ2n) is 5.49. The number of carbonyl (C=O) groups is 2. The molecule has 0 aliphatic rings. The summed E-state index contributed by atoms with van der Waals surface area (Å²) >= 11 is 12.1. The first-order valence-corrected chi connectivity index (χ1v) is 8.68. The molecule has 1 atom stereocenters.